The molecule has 1 heterocycles. The van der Waals surface area contributed by atoms with Crippen LogP contribution >= 0.6 is 0 Å². The Bertz CT molecular complexity index is 3210. The minimum absolute atomic E-state index is 0.113. The van der Waals surface area contributed by atoms with Gasteiger partial charge in [0.15, 0.2) is 5.82 Å². The standard InChI is InChI=1S/C55H38N2/c1-55(2)49-28-14-26-42(52(49)48-30-29-36-16-7-9-23-43(36)53(48)55)39-21-12-20-38(33-39)41-31-32-47(45-25-11-10-24-44(41)45)54-56-50(37-17-4-3-5-18-37)34-51(57-54)46-27-13-19-35-15-6-8-22-40(35)46/h3-34H,1-2H3. The molecule has 10 aromatic rings. The smallest absolute Gasteiger partial charge is 0.161 e. The van der Waals surface area contributed by atoms with E-state index < -0.39 is 0 Å². The van der Waals surface area contributed by atoms with E-state index in [1.165, 1.54) is 71.4 Å². The molecule has 0 atom stereocenters. The van der Waals surface area contributed by atoms with Gasteiger partial charge in [0, 0.05) is 22.1 Å². The van der Waals surface area contributed by atoms with Gasteiger partial charge in [0.25, 0.3) is 0 Å². The first-order valence-electron chi connectivity index (χ1n) is 19.7. The lowest BCUT2D eigenvalue weighted by atomic mass is 9.80. The van der Waals surface area contributed by atoms with E-state index in [2.05, 4.69) is 202 Å². The molecule has 1 aromatic heterocycles. The lowest BCUT2D eigenvalue weighted by molar-refractivity contribution is 0.666. The predicted octanol–water partition coefficient (Wildman–Crippen LogP) is 14.6. The van der Waals surface area contributed by atoms with Crippen LogP contribution in [0.1, 0.15) is 25.0 Å². The Balaban J connectivity index is 1.06. The van der Waals surface area contributed by atoms with Crippen LogP contribution in [0.25, 0.3) is 99.6 Å². The topological polar surface area (TPSA) is 25.8 Å². The summed E-state index contributed by atoms with van der Waals surface area (Å²) in [6.45, 7) is 4.75. The quantitative estimate of drug-likeness (QED) is 0.176. The second kappa shape index (κ2) is 13.0. The van der Waals surface area contributed by atoms with E-state index in [0.717, 1.165) is 33.5 Å². The summed E-state index contributed by atoms with van der Waals surface area (Å²) in [6.07, 6.45) is 0. The van der Waals surface area contributed by atoms with Crippen molar-refractivity contribution in [3.05, 3.63) is 205 Å². The van der Waals surface area contributed by atoms with Crippen molar-refractivity contribution in [1.29, 1.82) is 0 Å². The predicted molar refractivity (Wildman–Crippen MR) is 239 cm³/mol. The SMILES string of the molecule is CC1(C)c2cccc(-c3cccc(-c4ccc(-c5nc(-c6ccccc6)cc(-c6cccc7ccccc67)n5)c5ccccc45)c3)c2-c2ccc3ccccc3c21. The highest BCUT2D eigenvalue weighted by molar-refractivity contribution is 6.06. The Morgan fingerprint density at radius 2 is 0.895 bits per heavy atom. The summed E-state index contributed by atoms with van der Waals surface area (Å²) in [4.78, 5) is 10.6. The van der Waals surface area contributed by atoms with Crippen LogP contribution < -0.4 is 0 Å². The monoisotopic (exact) mass is 726 g/mol. The van der Waals surface area contributed by atoms with Crippen LogP contribution in [0.4, 0.5) is 0 Å². The summed E-state index contributed by atoms with van der Waals surface area (Å²) in [6, 6.07) is 70.1. The third-order valence-electron chi connectivity index (χ3n) is 12.1. The van der Waals surface area contributed by atoms with E-state index in [9.17, 15) is 0 Å². The molecular formula is C55H38N2. The van der Waals surface area contributed by atoms with Crippen molar-refractivity contribution in [2.75, 3.05) is 0 Å². The first-order valence-corrected chi connectivity index (χ1v) is 19.7. The number of benzene rings is 9. The largest absolute Gasteiger partial charge is 0.228 e. The number of fused-ring (bicyclic) bond motifs is 7. The fourth-order valence-corrected chi connectivity index (χ4v) is 9.40. The molecule has 0 saturated heterocycles. The number of rotatable bonds is 5. The number of aromatic nitrogens is 2. The Labute approximate surface area is 332 Å². The van der Waals surface area contributed by atoms with Gasteiger partial charge in [-0.1, -0.05) is 190 Å². The van der Waals surface area contributed by atoms with Crippen molar-refractivity contribution in [1.82, 2.24) is 9.97 Å². The second-order valence-electron chi connectivity index (χ2n) is 15.7. The Morgan fingerprint density at radius 1 is 0.351 bits per heavy atom. The Morgan fingerprint density at radius 3 is 1.70 bits per heavy atom. The highest BCUT2D eigenvalue weighted by atomic mass is 14.9. The molecule has 11 rings (SSSR count). The highest BCUT2D eigenvalue weighted by Gasteiger charge is 2.38. The van der Waals surface area contributed by atoms with Gasteiger partial charge in [-0.2, -0.15) is 0 Å². The van der Waals surface area contributed by atoms with Crippen LogP contribution in [-0.4, -0.2) is 9.97 Å². The number of hydrogen-bond donors (Lipinski definition) is 0. The maximum absolute atomic E-state index is 5.33. The minimum Gasteiger partial charge on any atom is -0.228 e. The Kier molecular flexibility index (Phi) is 7.55. The summed E-state index contributed by atoms with van der Waals surface area (Å²) in [5.74, 6) is 0.712. The lowest BCUT2D eigenvalue weighted by Crippen LogP contribution is -2.15. The van der Waals surface area contributed by atoms with Gasteiger partial charge in [0.2, 0.25) is 0 Å². The summed E-state index contributed by atoms with van der Waals surface area (Å²) < 4.78 is 0. The average molecular weight is 727 g/mol. The summed E-state index contributed by atoms with van der Waals surface area (Å²) in [7, 11) is 0. The highest BCUT2D eigenvalue weighted by Crippen LogP contribution is 2.54. The van der Waals surface area contributed by atoms with E-state index in [1.807, 2.05) is 6.07 Å². The van der Waals surface area contributed by atoms with Crippen molar-refractivity contribution in [2.24, 2.45) is 0 Å². The van der Waals surface area contributed by atoms with Crippen molar-refractivity contribution in [3.8, 4) is 67.3 Å². The van der Waals surface area contributed by atoms with Gasteiger partial charge < -0.3 is 0 Å². The maximum atomic E-state index is 5.33. The molecular weight excluding hydrogens is 689 g/mol. The molecule has 0 amide bonds. The van der Waals surface area contributed by atoms with E-state index in [-0.39, 0.29) is 5.41 Å². The van der Waals surface area contributed by atoms with Crippen LogP contribution in [-0.2, 0) is 5.41 Å². The molecule has 9 aromatic carbocycles. The van der Waals surface area contributed by atoms with Crippen LogP contribution in [0.5, 0.6) is 0 Å². The molecule has 0 radical (unpaired) electrons. The van der Waals surface area contributed by atoms with Crippen LogP contribution in [0.3, 0.4) is 0 Å². The third kappa shape index (κ3) is 5.33. The molecule has 1 aliphatic carbocycles. The fourth-order valence-electron chi connectivity index (χ4n) is 9.40. The normalized spacial score (nSPS) is 12.9. The lowest BCUT2D eigenvalue weighted by Gasteiger charge is -2.23. The van der Waals surface area contributed by atoms with E-state index in [1.54, 1.807) is 0 Å². The van der Waals surface area contributed by atoms with Crippen molar-refractivity contribution in [3.63, 3.8) is 0 Å². The maximum Gasteiger partial charge on any atom is 0.161 e. The van der Waals surface area contributed by atoms with Crippen LogP contribution in [0.15, 0.2) is 194 Å². The van der Waals surface area contributed by atoms with E-state index in [0.29, 0.717) is 5.82 Å². The zero-order chi connectivity index (χ0) is 38.1. The molecule has 2 nitrogen and oxygen atoms in total. The molecule has 0 fully saturated rings. The average Bonchev–Trinajstić information content (AvgIpc) is 3.52. The Hall–Kier alpha value is -7.16. The molecule has 0 saturated carbocycles. The zero-order valence-electron chi connectivity index (χ0n) is 31.9. The van der Waals surface area contributed by atoms with Crippen molar-refractivity contribution < 1.29 is 0 Å². The van der Waals surface area contributed by atoms with Gasteiger partial charge in [0.05, 0.1) is 11.4 Å². The summed E-state index contributed by atoms with van der Waals surface area (Å²) >= 11 is 0. The summed E-state index contributed by atoms with van der Waals surface area (Å²) in [5.41, 5.74) is 15.2. The van der Waals surface area contributed by atoms with Crippen molar-refractivity contribution >= 4 is 32.3 Å². The van der Waals surface area contributed by atoms with Crippen LogP contribution in [0.2, 0.25) is 0 Å². The minimum atomic E-state index is -0.113. The summed E-state index contributed by atoms with van der Waals surface area (Å²) in [5, 5.41) is 7.29. The zero-order valence-corrected chi connectivity index (χ0v) is 31.9. The first kappa shape index (κ1) is 33.2. The van der Waals surface area contributed by atoms with Gasteiger partial charge >= 0.3 is 0 Å². The van der Waals surface area contributed by atoms with Crippen LogP contribution in [0, 0.1) is 0 Å². The first-order chi connectivity index (χ1) is 28.0. The van der Waals surface area contributed by atoms with Gasteiger partial charge in [-0.15, -0.1) is 0 Å². The van der Waals surface area contributed by atoms with Crippen molar-refractivity contribution in [2.45, 2.75) is 19.3 Å². The van der Waals surface area contributed by atoms with Gasteiger partial charge in [-0.05, 0) is 95.0 Å². The van der Waals surface area contributed by atoms with Gasteiger partial charge in [-0.3, -0.25) is 0 Å². The van der Waals surface area contributed by atoms with E-state index >= 15 is 0 Å². The molecule has 0 aliphatic heterocycles. The second-order valence-corrected chi connectivity index (χ2v) is 15.7. The molecule has 0 N–H and O–H groups in total. The molecule has 0 unspecified atom stereocenters. The number of nitrogens with zero attached hydrogens (tertiary/aromatic N) is 2. The number of hydrogen-bond acceptors (Lipinski definition) is 2. The van der Waals surface area contributed by atoms with Gasteiger partial charge in [-0.25, -0.2) is 9.97 Å². The van der Waals surface area contributed by atoms with Gasteiger partial charge in [0.1, 0.15) is 0 Å². The molecule has 0 bridgehead atoms. The molecule has 268 valence electrons. The molecule has 1 aliphatic rings. The fraction of sp³-hybridized carbons (Fsp3) is 0.0545. The van der Waals surface area contributed by atoms with E-state index in [4.69, 9.17) is 9.97 Å². The molecule has 2 heteroatoms. The molecule has 0 spiro atoms. The molecule has 57 heavy (non-hydrogen) atoms. The third-order valence-corrected chi connectivity index (χ3v) is 12.1.